The highest BCUT2D eigenvalue weighted by molar-refractivity contribution is 5.91. The number of nitrogens with zero attached hydrogens (tertiary/aromatic N) is 2. The highest BCUT2D eigenvalue weighted by Crippen LogP contribution is 2.28. The number of para-hydroxylation sites is 1. The fraction of sp³-hybridized carbons (Fsp3) is 0.105. The van der Waals surface area contributed by atoms with E-state index in [0.29, 0.717) is 11.6 Å². The van der Waals surface area contributed by atoms with E-state index in [2.05, 4.69) is 9.97 Å². The minimum Gasteiger partial charge on any atom is -0.438 e. The Morgan fingerprint density at radius 2 is 1.87 bits per heavy atom. The first-order valence-electron chi connectivity index (χ1n) is 7.30. The number of fused-ring (bicyclic) bond motifs is 1. The van der Waals surface area contributed by atoms with Gasteiger partial charge in [0.05, 0.1) is 10.9 Å². The number of ether oxygens (including phenoxy) is 1. The molecule has 1 aromatic heterocycles. The summed E-state index contributed by atoms with van der Waals surface area (Å²) in [5.41, 5.74) is 2.91. The normalized spacial score (nSPS) is 11.0. The molecule has 0 aliphatic carbocycles. The van der Waals surface area contributed by atoms with Crippen LogP contribution in [0.4, 0.5) is 0 Å². The minimum atomic E-state index is 0.0214. The van der Waals surface area contributed by atoms with Crippen molar-refractivity contribution in [2.45, 2.75) is 13.8 Å². The fourth-order valence-electron chi connectivity index (χ4n) is 2.27. The van der Waals surface area contributed by atoms with E-state index in [9.17, 15) is 4.79 Å². The van der Waals surface area contributed by atoms with Crippen LogP contribution in [0.15, 0.2) is 54.9 Å². The lowest BCUT2D eigenvalue weighted by atomic mass is 10.1. The molecule has 0 saturated carbocycles. The first-order chi connectivity index (χ1) is 11.1. The molecule has 0 spiro atoms. The third-order valence-electron chi connectivity index (χ3n) is 3.44. The van der Waals surface area contributed by atoms with Crippen LogP contribution in [0, 0.1) is 6.92 Å². The average molecular weight is 304 g/mol. The topological polar surface area (TPSA) is 52.1 Å². The molecule has 4 nitrogen and oxygen atoms in total. The number of aryl methyl sites for hydroxylation is 1. The molecule has 0 bridgehead atoms. The Kier molecular flexibility index (Phi) is 4.15. The van der Waals surface area contributed by atoms with E-state index < -0.39 is 0 Å². The van der Waals surface area contributed by atoms with E-state index in [1.54, 1.807) is 6.08 Å². The van der Waals surface area contributed by atoms with E-state index >= 15 is 0 Å². The molecule has 1 heterocycles. The fourth-order valence-corrected chi connectivity index (χ4v) is 2.27. The smallest absolute Gasteiger partial charge is 0.230 e. The summed E-state index contributed by atoms with van der Waals surface area (Å²) in [7, 11) is 0. The first kappa shape index (κ1) is 14.9. The summed E-state index contributed by atoms with van der Waals surface area (Å²) >= 11 is 0. The van der Waals surface area contributed by atoms with Gasteiger partial charge in [0.15, 0.2) is 5.78 Å². The summed E-state index contributed by atoms with van der Waals surface area (Å²) in [4.78, 5) is 19.5. The largest absolute Gasteiger partial charge is 0.438 e. The van der Waals surface area contributed by atoms with Crippen LogP contribution in [0.25, 0.3) is 17.0 Å². The van der Waals surface area contributed by atoms with E-state index in [-0.39, 0.29) is 5.78 Å². The predicted octanol–water partition coefficient (Wildman–Crippen LogP) is 4.33. The maximum atomic E-state index is 11.0. The summed E-state index contributed by atoms with van der Waals surface area (Å²) in [6, 6.07) is 13.4. The molecule has 0 fully saturated rings. The number of hydrogen-bond donors (Lipinski definition) is 0. The van der Waals surface area contributed by atoms with Crippen molar-refractivity contribution in [2.75, 3.05) is 0 Å². The van der Waals surface area contributed by atoms with Crippen LogP contribution in [-0.4, -0.2) is 15.8 Å². The maximum absolute atomic E-state index is 11.0. The molecule has 0 N–H and O–H groups in total. The zero-order chi connectivity index (χ0) is 16.2. The highest BCUT2D eigenvalue weighted by Gasteiger charge is 2.07. The quantitative estimate of drug-likeness (QED) is 0.673. The van der Waals surface area contributed by atoms with Gasteiger partial charge in [0.25, 0.3) is 0 Å². The highest BCUT2D eigenvalue weighted by atomic mass is 16.5. The van der Waals surface area contributed by atoms with Crippen molar-refractivity contribution in [3.05, 3.63) is 66.0 Å². The maximum Gasteiger partial charge on any atom is 0.230 e. The van der Waals surface area contributed by atoms with E-state index in [0.717, 1.165) is 22.0 Å². The van der Waals surface area contributed by atoms with Crippen molar-refractivity contribution in [3.8, 4) is 11.6 Å². The molecule has 0 radical (unpaired) electrons. The van der Waals surface area contributed by atoms with Gasteiger partial charge in [-0.05, 0) is 49.2 Å². The first-order valence-corrected chi connectivity index (χ1v) is 7.30. The van der Waals surface area contributed by atoms with Crippen LogP contribution in [0.1, 0.15) is 18.1 Å². The molecule has 0 atom stereocenters. The molecule has 114 valence electrons. The molecular weight excluding hydrogens is 288 g/mol. The third-order valence-corrected chi connectivity index (χ3v) is 3.44. The van der Waals surface area contributed by atoms with Crippen molar-refractivity contribution in [2.24, 2.45) is 0 Å². The van der Waals surface area contributed by atoms with Gasteiger partial charge >= 0.3 is 0 Å². The van der Waals surface area contributed by atoms with Gasteiger partial charge in [-0.25, -0.2) is 9.97 Å². The van der Waals surface area contributed by atoms with E-state index in [1.165, 1.54) is 19.3 Å². The number of ketones is 1. The van der Waals surface area contributed by atoms with Gasteiger partial charge in [-0.3, -0.25) is 4.79 Å². The van der Waals surface area contributed by atoms with Crippen molar-refractivity contribution >= 4 is 22.8 Å². The van der Waals surface area contributed by atoms with Gasteiger partial charge < -0.3 is 4.74 Å². The second-order valence-corrected chi connectivity index (χ2v) is 5.26. The Balaban J connectivity index is 1.88. The van der Waals surface area contributed by atoms with E-state index in [4.69, 9.17) is 4.74 Å². The van der Waals surface area contributed by atoms with Crippen LogP contribution in [0.5, 0.6) is 11.6 Å². The SMILES string of the molecule is CC(=O)/C=C/c1ccc(Oc2ncnc3c(C)cccc23)cc1. The number of carbonyl (C=O) groups is 1. The van der Waals surface area contributed by atoms with Gasteiger partial charge in [-0.2, -0.15) is 0 Å². The molecule has 0 saturated heterocycles. The number of hydrogen-bond acceptors (Lipinski definition) is 4. The van der Waals surface area contributed by atoms with Crippen LogP contribution < -0.4 is 4.74 Å². The van der Waals surface area contributed by atoms with Crippen molar-refractivity contribution < 1.29 is 9.53 Å². The number of allylic oxidation sites excluding steroid dienone is 1. The molecule has 3 rings (SSSR count). The number of aromatic nitrogens is 2. The Hall–Kier alpha value is -3.01. The Bertz CT molecular complexity index is 884. The van der Waals surface area contributed by atoms with Gasteiger partial charge in [-0.1, -0.05) is 30.3 Å². The zero-order valence-corrected chi connectivity index (χ0v) is 13.0. The van der Waals surface area contributed by atoms with Crippen LogP contribution in [0.3, 0.4) is 0 Å². The summed E-state index contributed by atoms with van der Waals surface area (Å²) in [5.74, 6) is 1.24. The van der Waals surface area contributed by atoms with Gasteiger partial charge in [0.2, 0.25) is 5.88 Å². The lowest BCUT2D eigenvalue weighted by Gasteiger charge is -2.08. The minimum absolute atomic E-state index is 0.0214. The lowest BCUT2D eigenvalue weighted by molar-refractivity contribution is -0.112. The molecule has 0 aliphatic rings. The average Bonchev–Trinajstić information content (AvgIpc) is 2.55. The Morgan fingerprint density at radius 3 is 2.61 bits per heavy atom. The predicted molar refractivity (Wildman–Crippen MR) is 90.5 cm³/mol. The van der Waals surface area contributed by atoms with Crippen LogP contribution in [0.2, 0.25) is 0 Å². The molecule has 0 aliphatic heterocycles. The van der Waals surface area contributed by atoms with Crippen molar-refractivity contribution in [3.63, 3.8) is 0 Å². The molecule has 2 aromatic carbocycles. The standard InChI is InChI=1S/C19H16N2O2/c1-13-4-3-5-17-18(13)20-12-21-19(17)23-16-10-8-15(9-11-16)7-6-14(2)22/h3-12H,1-2H3/b7-6+. The summed E-state index contributed by atoms with van der Waals surface area (Å²) in [5, 5.41) is 0.882. The second-order valence-electron chi connectivity index (χ2n) is 5.26. The van der Waals surface area contributed by atoms with Crippen LogP contribution in [-0.2, 0) is 4.79 Å². The zero-order valence-electron chi connectivity index (χ0n) is 13.0. The summed E-state index contributed by atoms with van der Waals surface area (Å²) < 4.78 is 5.89. The second kappa shape index (κ2) is 6.40. The van der Waals surface area contributed by atoms with Crippen molar-refractivity contribution in [1.29, 1.82) is 0 Å². The lowest BCUT2D eigenvalue weighted by Crippen LogP contribution is -1.92. The van der Waals surface area contributed by atoms with Crippen LogP contribution >= 0.6 is 0 Å². The number of carbonyl (C=O) groups excluding carboxylic acids is 1. The van der Waals surface area contributed by atoms with Gasteiger partial charge in [0, 0.05) is 0 Å². The molecule has 23 heavy (non-hydrogen) atoms. The summed E-state index contributed by atoms with van der Waals surface area (Å²) in [6.45, 7) is 3.53. The monoisotopic (exact) mass is 304 g/mol. The van der Waals surface area contributed by atoms with Gasteiger partial charge in [0.1, 0.15) is 12.1 Å². The Morgan fingerprint density at radius 1 is 1.09 bits per heavy atom. The molecular formula is C19H16N2O2. The molecule has 0 unspecified atom stereocenters. The number of benzene rings is 2. The van der Waals surface area contributed by atoms with E-state index in [1.807, 2.05) is 49.4 Å². The number of rotatable bonds is 4. The Labute approximate surface area is 134 Å². The summed E-state index contributed by atoms with van der Waals surface area (Å²) in [6.07, 6.45) is 4.82. The molecule has 0 amide bonds. The van der Waals surface area contributed by atoms with Crippen molar-refractivity contribution in [1.82, 2.24) is 9.97 Å². The molecule has 4 heteroatoms. The third kappa shape index (κ3) is 3.43. The van der Waals surface area contributed by atoms with Gasteiger partial charge in [-0.15, -0.1) is 0 Å². The molecule has 3 aromatic rings.